The van der Waals surface area contributed by atoms with Crippen LogP contribution < -0.4 is 34.5 Å². The summed E-state index contributed by atoms with van der Waals surface area (Å²) in [5.41, 5.74) is 3.76. The van der Waals surface area contributed by atoms with E-state index < -0.39 is 31.7 Å². The predicted molar refractivity (Wildman–Crippen MR) is 192 cm³/mol. The molecule has 0 saturated carbocycles. The van der Waals surface area contributed by atoms with Crippen LogP contribution in [0.2, 0.25) is 0 Å². The summed E-state index contributed by atoms with van der Waals surface area (Å²) >= 11 is 3.35. The Labute approximate surface area is 313 Å². The summed E-state index contributed by atoms with van der Waals surface area (Å²) < 4.78 is 72.8. The molecule has 248 valence electrons. The van der Waals surface area contributed by atoms with Crippen molar-refractivity contribution in [3.05, 3.63) is 95.7 Å². The van der Waals surface area contributed by atoms with Crippen LogP contribution in [0.15, 0.2) is 84.6 Å². The topological polar surface area (TPSA) is 121 Å². The van der Waals surface area contributed by atoms with Crippen molar-refractivity contribution in [3.8, 4) is 0 Å². The van der Waals surface area contributed by atoms with Crippen LogP contribution in [-0.4, -0.2) is 60.8 Å². The molecule has 2 aromatic heterocycles. The monoisotopic (exact) mass is 732 g/mol. The molecule has 0 spiro atoms. The average molecular weight is 733 g/mol. The number of benzene rings is 2. The van der Waals surface area contributed by atoms with Crippen LogP contribution in [0.5, 0.6) is 0 Å². The number of anilines is 1. The zero-order valence-electron chi connectivity index (χ0n) is 27.7. The van der Waals surface area contributed by atoms with Crippen LogP contribution in [0.25, 0.3) is 20.2 Å². The zero-order valence-corrected chi connectivity index (χ0v) is 33.0. The van der Waals surface area contributed by atoms with E-state index in [1.54, 1.807) is 22.7 Å². The first kappa shape index (κ1) is 37.1. The first-order valence-electron chi connectivity index (χ1n) is 15.5. The van der Waals surface area contributed by atoms with Gasteiger partial charge in [-0.3, -0.25) is 0 Å². The Kier molecular flexibility index (Phi) is 10.7. The van der Waals surface area contributed by atoms with Gasteiger partial charge in [-0.1, -0.05) is 79.8 Å². The number of nitrogens with zero attached hydrogens (tertiary/aromatic N) is 2. The van der Waals surface area contributed by atoms with Gasteiger partial charge in [0, 0.05) is 62.0 Å². The normalized spacial score (nSPS) is 18.1. The molecular formula is C35H37N2NaO6S4. The van der Waals surface area contributed by atoms with Crippen LogP contribution in [0, 0.1) is 0 Å². The van der Waals surface area contributed by atoms with Crippen molar-refractivity contribution in [2.75, 3.05) is 29.5 Å². The molecule has 2 aliphatic heterocycles. The summed E-state index contributed by atoms with van der Waals surface area (Å²) in [4.78, 5) is 2.16. The van der Waals surface area contributed by atoms with Crippen molar-refractivity contribution in [2.45, 2.75) is 51.4 Å². The van der Waals surface area contributed by atoms with Gasteiger partial charge in [0.1, 0.15) is 5.00 Å². The molecule has 0 saturated heterocycles. The van der Waals surface area contributed by atoms with Gasteiger partial charge in [-0.05, 0) is 43.9 Å². The van der Waals surface area contributed by atoms with E-state index in [0.29, 0.717) is 13.1 Å². The van der Waals surface area contributed by atoms with E-state index >= 15 is 0 Å². The minimum atomic E-state index is -4.32. The summed E-state index contributed by atoms with van der Waals surface area (Å²) in [5, 5.41) is 4.51. The number of allylic oxidation sites excluding steroid dienone is 6. The van der Waals surface area contributed by atoms with Gasteiger partial charge in [0.05, 0.1) is 31.2 Å². The Morgan fingerprint density at radius 2 is 1.35 bits per heavy atom. The first-order valence-corrected chi connectivity index (χ1v) is 20.3. The predicted octanol–water partition coefficient (Wildman–Crippen LogP) is 4.16. The summed E-state index contributed by atoms with van der Waals surface area (Å²) in [6, 6.07) is 16.5. The van der Waals surface area contributed by atoms with E-state index in [9.17, 15) is 25.9 Å². The molecule has 0 atom stereocenters. The summed E-state index contributed by atoms with van der Waals surface area (Å²) in [5.74, 6) is -0.829. The van der Waals surface area contributed by atoms with Crippen LogP contribution in [0.4, 0.5) is 10.0 Å². The van der Waals surface area contributed by atoms with E-state index in [2.05, 4.69) is 73.6 Å². The Hall–Kier alpha value is -2.13. The summed E-state index contributed by atoms with van der Waals surface area (Å²) in [6.07, 6.45) is 10.5. The van der Waals surface area contributed by atoms with E-state index in [-0.39, 0.29) is 53.2 Å². The van der Waals surface area contributed by atoms with E-state index in [1.807, 2.05) is 42.5 Å². The standard InChI is InChI=1S/C35H38N2O6S4.Na/c1-34(2)28(36(20-12-22-46(38,39)40)32-30(34)24-14-8-10-16-26(24)44-32)18-6-5-7-19-29-35(3,4)31-25-15-9-11-17-27(25)45-33(31)37(29)21-13-23-47(41,42)43;/h5-11,14-19H,12-13,20-23H2,1-4H3,(H-,38,39,40,41,42,43);/q;+1/p-1. The summed E-state index contributed by atoms with van der Waals surface area (Å²) in [7, 11) is -8.64. The molecule has 0 radical (unpaired) electrons. The number of rotatable bonds is 11. The van der Waals surface area contributed by atoms with Crippen molar-refractivity contribution in [3.63, 3.8) is 0 Å². The van der Waals surface area contributed by atoms with E-state index in [4.69, 9.17) is 0 Å². The van der Waals surface area contributed by atoms with E-state index in [0.717, 1.165) is 21.4 Å². The van der Waals surface area contributed by atoms with Crippen molar-refractivity contribution in [1.82, 2.24) is 0 Å². The Morgan fingerprint density at radius 1 is 0.771 bits per heavy atom. The molecule has 8 nitrogen and oxygen atoms in total. The van der Waals surface area contributed by atoms with Crippen LogP contribution in [-0.2, 0) is 31.1 Å². The van der Waals surface area contributed by atoms with Gasteiger partial charge in [-0.25, -0.2) is 16.8 Å². The van der Waals surface area contributed by atoms with Crippen LogP contribution in [0.3, 0.4) is 0 Å². The van der Waals surface area contributed by atoms with E-state index in [1.165, 1.54) is 31.3 Å². The molecule has 2 aliphatic rings. The molecule has 4 heterocycles. The van der Waals surface area contributed by atoms with Gasteiger partial charge in [0.15, 0.2) is 12.3 Å². The third kappa shape index (κ3) is 7.19. The molecule has 0 bridgehead atoms. The maximum atomic E-state index is 11.4. The number of thiophene rings is 2. The largest absolute Gasteiger partial charge is 1.00 e. The SMILES string of the molecule is CC1(C)C(/C=C/C=C/C=C2\N(CCCS(=O)(=O)[O-])c3sc4ccccc4c3C2(C)C)=[N+](CCCS(=O)(=O)[O-])c2sc3ccccc3c21.[Na+]. The molecule has 13 heteroatoms. The minimum absolute atomic E-state index is 0. The molecule has 0 aliphatic carbocycles. The van der Waals surface area contributed by atoms with Gasteiger partial charge in [0.2, 0.25) is 0 Å². The second-order valence-electron chi connectivity index (χ2n) is 13.0. The van der Waals surface area contributed by atoms with Gasteiger partial charge >= 0.3 is 29.6 Å². The first-order chi connectivity index (χ1) is 22.1. The van der Waals surface area contributed by atoms with Gasteiger partial charge in [-0.2, -0.15) is 4.58 Å². The fourth-order valence-corrected chi connectivity index (χ4v) is 10.8. The smallest absolute Gasteiger partial charge is 0.748 e. The van der Waals surface area contributed by atoms with Crippen molar-refractivity contribution in [1.29, 1.82) is 0 Å². The second-order valence-corrected chi connectivity index (χ2v) is 18.1. The third-order valence-corrected chi connectivity index (χ3v) is 13.0. The molecular weight excluding hydrogens is 696 g/mol. The molecule has 4 aromatic rings. The fraction of sp³-hybridized carbons (Fsp3) is 0.343. The van der Waals surface area contributed by atoms with Gasteiger partial charge in [0.25, 0.3) is 5.00 Å². The molecule has 48 heavy (non-hydrogen) atoms. The third-order valence-electron chi connectivity index (χ3n) is 9.04. The van der Waals surface area contributed by atoms with Crippen molar-refractivity contribution in [2.24, 2.45) is 0 Å². The minimum Gasteiger partial charge on any atom is -0.748 e. The number of hydrogen-bond donors (Lipinski definition) is 0. The molecule has 2 aromatic carbocycles. The maximum Gasteiger partial charge on any atom is 1.00 e. The van der Waals surface area contributed by atoms with Crippen LogP contribution in [0.1, 0.15) is 51.7 Å². The molecule has 6 rings (SSSR count). The van der Waals surface area contributed by atoms with Gasteiger partial charge in [-0.15, -0.1) is 11.3 Å². The fourth-order valence-electron chi connectivity index (χ4n) is 7.00. The molecule has 0 fully saturated rings. The Balaban J connectivity index is 0.00000451. The Morgan fingerprint density at radius 3 is 2.00 bits per heavy atom. The zero-order chi connectivity index (χ0) is 33.8. The number of hydrogen-bond acceptors (Lipinski definition) is 9. The van der Waals surface area contributed by atoms with Crippen molar-refractivity contribution < 1.29 is 60.1 Å². The Bertz CT molecular complexity index is 2220. The van der Waals surface area contributed by atoms with Crippen LogP contribution >= 0.6 is 22.7 Å². The quantitative estimate of drug-likeness (QED) is 0.0984. The second kappa shape index (κ2) is 13.9. The molecule has 0 unspecified atom stereocenters. The average Bonchev–Trinajstić information content (AvgIpc) is 3.66. The van der Waals surface area contributed by atoms with Crippen molar-refractivity contribution >= 4 is 78.8 Å². The maximum absolute atomic E-state index is 11.4. The summed E-state index contributed by atoms with van der Waals surface area (Å²) in [6.45, 7) is 9.51. The number of fused-ring (bicyclic) bond motifs is 6. The van der Waals surface area contributed by atoms with Gasteiger partial charge < -0.3 is 14.0 Å². The molecule has 0 N–H and O–H groups in total. The molecule has 0 amide bonds.